The van der Waals surface area contributed by atoms with Gasteiger partial charge in [0, 0.05) is 11.1 Å². The minimum atomic E-state index is -0.100. The van der Waals surface area contributed by atoms with Gasteiger partial charge < -0.3 is 14.4 Å². The first-order valence-electron chi connectivity index (χ1n) is 9.71. The number of rotatable bonds is 5. The molecule has 0 amide bonds. The van der Waals surface area contributed by atoms with E-state index in [4.69, 9.17) is 4.42 Å². The van der Waals surface area contributed by atoms with Crippen LogP contribution in [-0.2, 0) is 13.1 Å². The first kappa shape index (κ1) is 19.0. The molecule has 146 valence electrons. The number of quaternary nitrogens is 1. The van der Waals surface area contributed by atoms with Crippen molar-refractivity contribution < 1.29 is 14.4 Å². The fourth-order valence-electron chi connectivity index (χ4n) is 3.82. The number of fused-ring (bicyclic) bond motifs is 1. The van der Waals surface area contributed by atoms with Crippen molar-refractivity contribution in [2.45, 2.75) is 20.0 Å². The molecule has 0 aliphatic heterocycles. The van der Waals surface area contributed by atoms with Gasteiger partial charge in [0.25, 0.3) is 0 Å². The Morgan fingerprint density at radius 2 is 1.55 bits per heavy atom. The van der Waals surface area contributed by atoms with E-state index in [1.54, 1.807) is 13.0 Å². The third-order valence-electron chi connectivity index (χ3n) is 5.19. The van der Waals surface area contributed by atoms with Crippen molar-refractivity contribution in [1.82, 2.24) is 0 Å². The minimum Gasteiger partial charge on any atom is -0.872 e. The van der Waals surface area contributed by atoms with E-state index in [0.29, 0.717) is 34.4 Å². The molecule has 0 saturated carbocycles. The summed E-state index contributed by atoms with van der Waals surface area (Å²) in [6.07, 6.45) is 0. The smallest absolute Gasteiger partial charge is 0.200 e. The molecular weight excluding hydrogens is 362 g/mol. The molecule has 0 saturated heterocycles. The molecule has 1 atom stereocenters. The molecule has 1 N–H and O–H groups in total. The fourth-order valence-corrected chi connectivity index (χ4v) is 3.82. The fraction of sp³-hybridized carbons (Fsp3) is 0.160. The summed E-state index contributed by atoms with van der Waals surface area (Å²) in [7, 11) is 2.04. The molecule has 1 heterocycles. The number of aryl methyl sites for hydroxylation is 1. The van der Waals surface area contributed by atoms with Crippen LogP contribution in [0.25, 0.3) is 22.1 Å². The SMILES string of the molecule is Cc1oc2c(C[NH+](C)Cc3ccccc3)c([O-])ccc2c(=O)c1-c1ccccc1. The van der Waals surface area contributed by atoms with Crippen molar-refractivity contribution in [2.75, 3.05) is 7.05 Å². The van der Waals surface area contributed by atoms with Gasteiger partial charge in [-0.15, -0.1) is 0 Å². The highest BCUT2D eigenvalue weighted by atomic mass is 16.3. The summed E-state index contributed by atoms with van der Waals surface area (Å²) in [6, 6.07) is 22.7. The van der Waals surface area contributed by atoms with Gasteiger partial charge in [0.2, 0.25) is 5.43 Å². The van der Waals surface area contributed by atoms with Crippen molar-refractivity contribution in [3.8, 4) is 16.9 Å². The molecule has 0 radical (unpaired) electrons. The summed E-state index contributed by atoms with van der Waals surface area (Å²) in [4.78, 5) is 14.4. The van der Waals surface area contributed by atoms with Crippen LogP contribution in [0.5, 0.6) is 5.75 Å². The third-order valence-corrected chi connectivity index (χ3v) is 5.19. The van der Waals surface area contributed by atoms with Crippen molar-refractivity contribution in [3.05, 3.63) is 99.9 Å². The number of nitrogens with one attached hydrogen (secondary N) is 1. The Bertz CT molecular complexity index is 1200. The lowest BCUT2D eigenvalue weighted by Gasteiger charge is -2.20. The maximum absolute atomic E-state index is 13.2. The van der Waals surface area contributed by atoms with Gasteiger partial charge in [-0.3, -0.25) is 4.79 Å². The Hall–Kier alpha value is -3.37. The van der Waals surface area contributed by atoms with Gasteiger partial charge in [0.1, 0.15) is 24.4 Å². The van der Waals surface area contributed by atoms with Gasteiger partial charge >= 0.3 is 0 Å². The molecular formula is C25H23NO3. The number of hydrogen-bond acceptors (Lipinski definition) is 3. The predicted molar refractivity (Wildman–Crippen MR) is 113 cm³/mol. The molecule has 4 heteroatoms. The second kappa shape index (κ2) is 7.94. The van der Waals surface area contributed by atoms with Crippen LogP contribution in [0.2, 0.25) is 0 Å². The number of benzene rings is 3. The van der Waals surface area contributed by atoms with Crippen LogP contribution in [0.1, 0.15) is 16.9 Å². The standard InChI is InChI=1S/C25H23NO3/c1-17-23(19-11-7-4-8-12-19)24(28)20-13-14-22(27)21(25(20)29-17)16-26(2)15-18-9-5-3-6-10-18/h3-14,27H,15-16H2,1-2H3. The van der Waals surface area contributed by atoms with Gasteiger partial charge in [-0.05, 0) is 18.6 Å². The van der Waals surface area contributed by atoms with E-state index in [1.807, 2.05) is 55.6 Å². The molecule has 1 unspecified atom stereocenters. The highest BCUT2D eigenvalue weighted by molar-refractivity contribution is 5.86. The van der Waals surface area contributed by atoms with Gasteiger partial charge in [0.15, 0.2) is 0 Å². The Balaban J connectivity index is 1.77. The van der Waals surface area contributed by atoms with E-state index < -0.39 is 0 Å². The van der Waals surface area contributed by atoms with Crippen LogP contribution in [0, 0.1) is 6.92 Å². The Morgan fingerprint density at radius 3 is 2.24 bits per heavy atom. The van der Waals surface area contributed by atoms with Gasteiger partial charge in [0.05, 0.1) is 18.0 Å². The molecule has 29 heavy (non-hydrogen) atoms. The average molecular weight is 385 g/mol. The van der Waals surface area contributed by atoms with Gasteiger partial charge in [-0.1, -0.05) is 72.5 Å². The second-order valence-electron chi connectivity index (χ2n) is 7.44. The van der Waals surface area contributed by atoms with Crippen LogP contribution in [0.4, 0.5) is 0 Å². The zero-order chi connectivity index (χ0) is 20.4. The maximum Gasteiger partial charge on any atom is 0.200 e. The normalized spacial score (nSPS) is 12.2. The summed E-state index contributed by atoms with van der Waals surface area (Å²) in [5, 5.41) is 13.1. The summed E-state index contributed by atoms with van der Waals surface area (Å²) in [6.45, 7) is 3.05. The molecule has 0 fully saturated rings. The van der Waals surface area contributed by atoms with Crippen molar-refractivity contribution >= 4 is 11.0 Å². The highest BCUT2D eigenvalue weighted by Gasteiger charge is 2.18. The van der Waals surface area contributed by atoms with E-state index >= 15 is 0 Å². The van der Waals surface area contributed by atoms with Crippen LogP contribution in [0.15, 0.2) is 82.0 Å². The van der Waals surface area contributed by atoms with E-state index in [9.17, 15) is 9.90 Å². The maximum atomic E-state index is 13.2. The summed E-state index contributed by atoms with van der Waals surface area (Å²) < 4.78 is 6.08. The van der Waals surface area contributed by atoms with Crippen molar-refractivity contribution in [3.63, 3.8) is 0 Å². The lowest BCUT2D eigenvalue weighted by molar-refractivity contribution is -0.907. The summed E-state index contributed by atoms with van der Waals surface area (Å²) >= 11 is 0. The molecule has 4 aromatic rings. The lowest BCUT2D eigenvalue weighted by Crippen LogP contribution is -3.06. The summed E-state index contributed by atoms with van der Waals surface area (Å²) in [5.74, 6) is 0.432. The van der Waals surface area contributed by atoms with Crippen LogP contribution in [0.3, 0.4) is 0 Å². The average Bonchev–Trinajstić information content (AvgIpc) is 2.72. The zero-order valence-electron chi connectivity index (χ0n) is 16.6. The molecule has 4 nitrogen and oxygen atoms in total. The third kappa shape index (κ3) is 3.80. The molecule has 0 bridgehead atoms. The first-order chi connectivity index (χ1) is 14.0. The Labute approximate surface area is 169 Å². The van der Waals surface area contributed by atoms with E-state index in [2.05, 4.69) is 12.1 Å². The van der Waals surface area contributed by atoms with Gasteiger partial charge in [-0.25, -0.2) is 0 Å². The van der Waals surface area contributed by atoms with Crippen LogP contribution < -0.4 is 15.4 Å². The quantitative estimate of drug-likeness (QED) is 0.574. The summed E-state index contributed by atoms with van der Waals surface area (Å²) in [5.41, 5.74) is 3.43. The molecule has 0 aliphatic carbocycles. The van der Waals surface area contributed by atoms with Crippen LogP contribution in [-0.4, -0.2) is 7.05 Å². The van der Waals surface area contributed by atoms with Gasteiger partial charge in [-0.2, -0.15) is 0 Å². The molecule has 4 rings (SSSR count). The molecule has 3 aromatic carbocycles. The second-order valence-corrected chi connectivity index (χ2v) is 7.44. The molecule has 0 spiro atoms. The Kier molecular flexibility index (Phi) is 5.19. The van der Waals surface area contributed by atoms with E-state index in [0.717, 1.165) is 17.0 Å². The monoisotopic (exact) mass is 385 g/mol. The Morgan fingerprint density at radius 1 is 0.897 bits per heavy atom. The minimum absolute atomic E-state index is 0.0973. The topological polar surface area (TPSA) is 57.7 Å². The van der Waals surface area contributed by atoms with E-state index in [1.165, 1.54) is 11.6 Å². The van der Waals surface area contributed by atoms with Crippen LogP contribution >= 0.6 is 0 Å². The van der Waals surface area contributed by atoms with Crippen molar-refractivity contribution in [1.29, 1.82) is 0 Å². The zero-order valence-corrected chi connectivity index (χ0v) is 16.6. The molecule has 1 aromatic heterocycles. The molecule has 0 aliphatic rings. The highest BCUT2D eigenvalue weighted by Crippen LogP contribution is 2.28. The predicted octanol–water partition coefficient (Wildman–Crippen LogP) is 3.06. The largest absolute Gasteiger partial charge is 0.872 e. The van der Waals surface area contributed by atoms with E-state index in [-0.39, 0.29) is 11.2 Å². The first-order valence-corrected chi connectivity index (χ1v) is 9.71. The number of hydrogen-bond donors (Lipinski definition) is 1. The lowest BCUT2D eigenvalue weighted by atomic mass is 10.0. The van der Waals surface area contributed by atoms with Crippen molar-refractivity contribution in [2.24, 2.45) is 0 Å².